The highest BCUT2D eigenvalue weighted by atomic mass is 16.2. The van der Waals surface area contributed by atoms with Gasteiger partial charge < -0.3 is 10.2 Å². The molecule has 0 aliphatic heterocycles. The molecule has 1 N–H and O–H groups in total. The molecule has 33 heavy (non-hydrogen) atoms. The normalized spacial score (nSPS) is 11.9. The molecule has 0 bridgehead atoms. The maximum absolute atomic E-state index is 13.3. The Morgan fingerprint density at radius 2 is 1.73 bits per heavy atom. The number of hydrogen-bond acceptors (Lipinski definition) is 4. The molecule has 0 atom stereocenters. The lowest BCUT2D eigenvalue weighted by Gasteiger charge is -2.12. The molecule has 2 aromatic heterocycles. The van der Waals surface area contributed by atoms with Crippen LogP contribution in [0.5, 0.6) is 0 Å². The van der Waals surface area contributed by atoms with Crippen LogP contribution in [0.25, 0.3) is 27.2 Å². The number of unbranched alkanes of at least 4 members (excludes halogenated alkanes) is 4. The van der Waals surface area contributed by atoms with Gasteiger partial charge in [0.25, 0.3) is 5.56 Å². The first-order valence-electron chi connectivity index (χ1n) is 11.8. The predicted octanol–water partition coefficient (Wildman–Crippen LogP) is 4.07. The van der Waals surface area contributed by atoms with E-state index in [0.29, 0.717) is 36.1 Å². The molecule has 7 heteroatoms. The van der Waals surface area contributed by atoms with Crippen LogP contribution in [0.4, 0.5) is 5.69 Å². The number of rotatable bonds is 10. The predicted molar refractivity (Wildman–Crippen MR) is 135 cm³/mol. The minimum atomic E-state index is -0.329. The highest BCUT2D eigenvalue weighted by molar-refractivity contribution is 6.14. The lowest BCUT2D eigenvalue weighted by molar-refractivity contribution is -0.116. The van der Waals surface area contributed by atoms with Gasteiger partial charge in [-0.15, -0.1) is 0 Å². The second-order valence-corrected chi connectivity index (χ2v) is 9.02. The van der Waals surface area contributed by atoms with Gasteiger partial charge in [0.15, 0.2) is 0 Å². The maximum atomic E-state index is 13.3. The summed E-state index contributed by atoms with van der Waals surface area (Å²) >= 11 is 0. The highest BCUT2D eigenvalue weighted by Crippen LogP contribution is 2.31. The van der Waals surface area contributed by atoms with Gasteiger partial charge in [-0.05, 0) is 44.8 Å². The van der Waals surface area contributed by atoms with Gasteiger partial charge in [0.2, 0.25) is 5.91 Å². The summed E-state index contributed by atoms with van der Waals surface area (Å²) in [6.45, 7) is 3.10. The minimum Gasteiger partial charge on any atom is -0.326 e. The van der Waals surface area contributed by atoms with Gasteiger partial charge in [0.05, 0.1) is 16.4 Å². The van der Waals surface area contributed by atoms with Gasteiger partial charge in [-0.2, -0.15) is 0 Å². The molecule has 2 heterocycles. The molecule has 0 radical (unpaired) electrons. The summed E-state index contributed by atoms with van der Waals surface area (Å²) < 4.78 is 2.95. The molecular weight excluding hydrogens is 416 g/mol. The molecule has 4 rings (SSSR count). The number of aromatic nitrogens is 2. The summed E-state index contributed by atoms with van der Waals surface area (Å²) in [5.41, 5.74) is 1.49. The van der Waals surface area contributed by atoms with Crippen molar-refractivity contribution < 1.29 is 4.79 Å². The van der Waals surface area contributed by atoms with E-state index < -0.39 is 0 Å². The second-order valence-electron chi connectivity index (χ2n) is 9.02. The third kappa shape index (κ3) is 4.50. The van der Waals surface area contributed by atoms with Crippen molar-refractivity contribution in [2.75, 3.05) is 26.0 Å². The van der Waals surface area contributed by atoms with Crippen LogP contribution in [0, 0.1) is 0 Å². The SMILES string of the molecule is CCCCCCCC(=O)Nc1ccc2c(c1)c1cccc3c(=O)n(CCN(C)C)c(=O)n2c31. The Hall–Kier alpha value is -3.19. The zero-order valence-electron chi connectivity index (χ0n) is 19.7. The fourth-order valence-electron chi connectivity index (χ4n) is 4.48. The van der Waals surface area contributed by atoms with Crippen LogP contribution in [0.15, 0.2) is 46.0 Å². The number of carbonyl (C=O) groups is 1. The van der Waals surface area contributed by atoms with E-state index in [1.807, 2.05) is 49.3 Å². The molecule has 0 saturated heterocycles. The average molecular weight is 449 g/mol. The van der Waals surface area contributed by atoms with Crippen molar-refractivity contribution in [2.45, 2.75) is 52.0 Å². The number of hydrogen-bond donors (Lipinski definition) is 1. The standard InChI is InChI=1S/C26H32N4O3/c1-4-5-6-7-8-12-23(31)27-18-13-14-22-21(17-18)19-10-9-11-20-24(19)30(22)26(33)29(25(20)32)16-15-28(2)3/h9-11,13-14,17H,4-8,12,15-16H2,1-3H3,(H,27,31). The Bertz CT molecular complexity index is 1400. The van der Waals surface area contributed by atoms with Crippen LogP contribution >= 0.6 is 0 Å². The minimum absolute atomic E-state index is 0.000654. The van der Waals surface area contributed by atoms with E-state index in [1.165, 1.54) is 17.4 Å². The summed E-state index contributed by atoms with van der Waals surface area (Å²) in [5.74, 6) is 0.000654. The van der Waals surface area contributed by atoms with Gasteiger partial charge in [0, 0.05) is 36.0 Å². The molecule has 1 amide bonds. The number of nitrogens with zero attached hydrogens (tertiary/aromatic N) is 3. The van der Waals surface area contributed by atoms with Gasteiger partial charge in [-0.3, -0.25) is 18.6 Å². The number of benzene rings is 2. The second kappa shape index (κ2) is 9.75. The van der Waals surface area contributed by atoms with E-state index in [1.54, 1.807) is 10.5 Å². The monoisotopic (exact) mass is 448 g/mol. The summed E-state index contributed by atoms with van der Waals surface area (Å²) in [5, 5.41) is 5.21. The molecule has 174 valence electrons. The number of para-hydroxylation sites is 1. The molecule has 4 aromatic rings. The number of likely N-dealkylation sites (N-methyl/N-ethyl adjacent to an activating group) is 1. The lowest BCUT2D eigenvalue weighted by atomic mass is 10.1. The summed E-state index contributed by atoms with van der Waals surface area (Å²) in [6, 6.07) is 11.1. The van der Waals surface area contributed by atoms with Crippen LogP contribution in [0.3, 0.4) is 0 Å². The number of carbonyl (C=O) groups excluding carboxylic acids is 1. The van der Waals surface area contributed by atoms with Crippen LogP contribution in [-0.4, -0.2) is 40.4 Å². The van der Waals surface area contributed by atoms with Gasteiger partial charge in [-0.25, -0.2) is 4.79 Å². The van der Waals surface area contributed by atoms with E-state index in [4.69, 9.17) is 0 Å². The van der Waals surface area contributed by atoms with Crippen molar-refractivity contribution in [3.05, 3.63) is 57.2 Å². The quantitative estimate of drug-likeness (QED) is 0.371. The molecule has 0 fully saturated rings. The van der Waals surface area contributed by atoms with Gasteiger partial charge in [0.1, 0.15) is 0 Å². The van der Waals surface area contributed by atoms with Crippen molar-refractivity contribution in [1.82, 2.24) is 13.9 Å². The third-order valence-corrected chi connectivity index (χ3v) is 6.25. The Balaban J connectivity index is 1.71. The Morgan fingerprint density at radius 3 is 2.48 bits per heavy atom. The van der Waals surface area contributed by atoms with E-state index in [0.717, 1.165) is 35.6 Å². The number of amides is 1. The van der Waals surface area contributed by atoms with Gasteiger partial charge >= 0.3 is 5.69 Å². The fourth-order valence-corrected chi connectivity index (χ4v) is 4.48. The molecule has 0 spiro atoms. The largest absolute Gasteiger partial charge is 0.336 e. The molecule has 0 saturated carbocycles. The smallest absolute Gasteiger partial charge is 0.326 e. The molecule has 0 unspecified atom stereocenters. The molecule has 2 aromatic carbocycles. The summed E-state index contributed by atoms with van der Waals surface area (Å²) in [6.07, 6.45) is 6.01. The maximum Gasteiger partial charge on any atom is 0.336 e. The van der Waals surface area contributed by atoms with Crippen LogP contribution in [0.2, 0.25) is 0 Å². The number of fused-ring (bicyclic) bond motifs is 3. The van der Waals surface area contributed by atoms with E-state index in [2.05, 4.69) is 12.2 Å². The van der Waals surface area contributed by atoms with Crippen molar-refractivity contribution in [2.24, 2.45) is 0 Å². The van der Waals surface area contributed by atoms with Crippen LogP contribution < -0.4 is 16.6 Å². The third-order valence-electron chi connectivity index (χ3n) is 6.25. The molecule has 0 aliphatic rings. The zero-order valence-corrected chi connectivity index (χ0v) is 19.7. The molecule has 7 nitrogen and oxygen atoms in total. The topological polar surface area (TPSA) is 75.8 Å². The average Bonchev–Trinajstić information content (AvgIpc) is 3.12. The Morgan fingerprint density at radius 1 is 0.970 bits per heavy atom. The van der Waals surface area contributed by atoms with E-state index in [9.17, 15) is 14.4 Å². The first-order valence-corrected chi connectivity index (χ1v) is 11.8. The molecular formula is C26H32N4O3. The van der Waals surface area contributed by atoms with Crippen molar-refractivity contribution in [3.8, 4) is 0 Å². The number of nitrogens with one attached hydrogen (secondary N) is 1. The van der Waals surface area contributed by atoms with Crippen molar-refractivity contribution in [1.29, 1.82) is 0 Å². The first kappa shape index (κ1) is 23.0. The Kier molecular flexibility index (Phi) is 6.79. The first-order chi connectivity index (χ1) is 15.9. The summed E-state index contributed by atoms with van der Waals surface area (Å²) in [7, 11) is 3.83. The van der Waals surface area contributed by atoms with Crippen molar-refractivity contribution >= 4 is 38.8 Å². The van der Waals surface area contributed by atoms with Crippen molar-refractivity contribution in [3.63, 3.8) is 0 Å². The lowest BCUT2D eigenvalue weighted by Crippen LogP contribution is -2.39. The summed E-state index contributed by atoms with van der Waals surface area (Å²) in [4.78, 5) is 40.8. The zero-order chi connectivity index (χ0) is 23.5. The fraction of sp³-hybridized carbons (Fsp3) is 0.423. The van der Waals surface area contributed by atoms with Crippen LogP contribution in [-0.2, 0) is 11.3 Å². The Labute approximate surface area is 193 Å². The highest BCUT2D eigenvalue weighted by Gasteiger charge is 2.19. The molecule has 0 aliphatic carbocycles. The van der Waals surface area contributed by atoms with Gasteiger partial charge in [-0.1, -0.05) is 44.7 Å². The van der Waals surface area contributed by atoms with Crippen LogP contribution in [0.1, 0.15) is 45.4 Å². The van der Waals surface area contributed by atoms with E-state index in [-0.39, 0.29) is 17.2 Å². The van der Waals surface area contributed by atoms with E-state index >= 15 is 0 Å². The number of anilines is 1.